The highest BCUT2D eigenvalue weighted by Crippen LogP contribution is 2.26. The Hall–Kier alpha value is -2.20. The summed E-state index contributed by atoms with van der Waals surface area (Å²) in [6, 6.07) is 12.3. The van der Waals surface area contributed by atoms with E-state index in [-0.39, 0.29) is 5.82 Å². The third kappa shape index (κ3) is 2.22. The van der Waals surface area contributed by atoms with Gasteiger partial charge in [0, 0.05) is 6.54 Å². The van der Waals surface area contributed by atoms with Gasteiger partial charge in [-0.05, 0) is 36.9 Å². The van der Waals surface area contributed by atoms with Gasteiger partial charge in [-0.15, -0.1) is 0 Å². The third-order valence-corrected chi connectivity index (χ3v) is 2.94. The lowest BCUT2D eigenvalue weighted by molar-refractivity contribution is 0.593. The summed E-state index contributed by atoms with van der Waals surface area (Å²) in [6.07, 6.45) is 0. The average Bonchev–Trinajstić information content (AvgIpc) is 2.82. The van der Waals surface area contributed by atoms with Crippen molar-refractivity contribution in [3.05, 3.63) is 53.8 Å². The van der Waals surface area contributed by atoms with E-state index < -0.39 is 0 Å². The molecule has 0 aliphatic heterocycles. The van der Waals surface area contributed by atoms with Gasteiger partial charge in [-0.25, -0.2) is 9.37 Å². The summed E-state index contributed by atoms with van der Waals surface area (Å²) < 4.78 is 19.3. The molecule has 0 aliphatic carbocycles. The molecule has 0 saturated carbocycles. The Bertz CT molecular complexity index is 721. The maximum Gasteiger partial charge on any atom is 0.230 e. The summed E-state index contributed by atoms with van der Waals surface area (Å²) >= 11 is 0. The minimum absolute atomic E-state index is 0.315. The molecule has 0 atom stereocenters. The number of benzene rings is 2. The minimum Gasteiger partial charge on any atom is -0.436 e. The van der Waals surface area contributed by atoms with Gasteiger partial charge in [0.25, 0.3) is 0 Å². The number of oxazole rings is 1. The van der Waals surface area contributed by atoms with Gasteiger partial charge >= 0.3 is 0 Å². The first kappa shape index (κ1) is 11.9. The molecule has 0 fully saturated rings. The van der Waals surface area contributed by atoms with Gasteiger partial charge in [-0.2, -0.15) is 0 Å². The van der Waals surface area contributed by atoms with E-state index in [2.05, 4.69) is 10.3 Å². The van der Waals surface area contributed by atoms with Crippen LogP contribution < -0.4 is 5.32 Å². The molecule has 0 radical (unpaired) electrons. The summed E-state index contributed by atoms with van der Waals surface area (Å²) in [4.78, 5) is 4.32. The summed E-state index contributed by atoms with van der Waals surface area (Å²) in [5.74, 6) is -0.0146. The Morgan fingerprint density at radius 3 is 2.84 bits per heavy atom. The number of nitrogens with one attached hydrogen (secondary N) is 1. The normalized spacial score (nSPS) is 11.1. The fourth-order valence-corrected chi connectivity index (χ4v) is 2.03. The molecule has 3 rings (SSSR count). The molecule has 1 N–H and O–H groups in total. The molecule has 0 saturated heterocycles. The van der Waals surface area contributed by atoms with E-state index in [1.807, 2.05) is 25.2 Å². The molecule has 2 aromatic carbocycles. The SMILES string of the molecule is CNCc1ccc2nc(-c3ccccc3F)oc2c1. The zero-order chi connectivity index (χ0) is 13.2. The molecule has 0 amide bonds. The van der Waals surface area contributed by atoms with Crippen LogP contribution in [0.1, 0.15) is 5.56 Å². The highest BCUT2D eigenvalue weighted by atomic mass is 19.1. The summed E-state index contributed by atoms with van der Waals surface area (Å²) in [7, 11) is 1.88. The van der Waals surface area contributed by atoms with Crippen LogP contribution >= 0.6 is 0 Å². The van der Waals surface area contributed by atoms with Crippen LogP contribution in [0.15, 0.2) is 46.9 Å². The van der Waals surface area contributed by atoms with Gasteiger partial charge in [0.1, 0.15) is 11.3 Å². The second kappa shape index (κ2) is 4.82. The highest BCUT2D eigenvalue weighted by Gasteiger charge is 2.12. The second-order valence-corrected chi connectivity index (χ2v) is 4.33. The number of hydrogen-bond acceptors (Lipinski definition) is 3. The Kier molecular flexibility index (Phi) is 3.01. The standard InChI is InChI=1S/C15H13FN2O/c1-17-9-10-6-7-13-14(8-10)19-15(18-13)11-4-2-3-5-12(11)16/h2-8,17H,9H2,1H3. The van der Waals surface area contributed by atoms with Crippen molar-refractivity contribution in [2.75, 3.05) is 7.05 Å². The number of aromatic nitrogens is 1. The van der Waals surface area contributed by atoms with Gasteiger partial charge in [0.05, 0.1) is 5.56 Å². The predicted molar refractivity (Wildman–Crippen MR) is 72.2 cm³/mol. The molecule has 1 aromatic heterocycles. The van der Waals surface area contributed by atoms with Crippen molar-refractivity contribution < 1.29 is 8.81 Å². The first-order chi connectivity index (χ1) is 9.28. The molecule has 3 nitrogen and oxygen atoms in total. The van der Waals surface area contributed by atoms with Crippen LogP contribution in [0.25, 0.3) is 22.6 Å². The topological polar surface area (TPSA) is 38.1 Å². The minimum atomic E-state index is -0.329. The Morgan fingerprint density at radius 1 is 1.21 bits per heavy atom. The fourth-order valence-electron chi connectivity index (χ4n) is 2.03. The highest BCUT2D eigenvalue weighted by molar-refractivity contribution is 5.77. The van der Waals surface area contributed by atoms with Crippen molar-refractivity contribution >= 4 is 11.1 Å². The van der Waals surface area contributed by atoms with Crippen LogP contribution in [-0.4, -0.2) is 12.0 Å². The number of fused-ring (bicyclic) bond motifs is 1. The van der Waals surface area contributed by atoms with Crippen LogP contribution in [0.2, 0.25) is 0 Å². The maximum absolute atomic E-state index is 13.7. The smallest absolute Gasteiger partial charge is 0.230 e. The van der Waals surface area contributed by atoms with Crippen LogP contribution in [0.5, 0.6) is 0 Å². The van der Waals surface area contributed by atoms with Crippen molar-refractivity contribution in [1.82, 2.24) is 10.3 Å². The van der Waals surface area contributed by atoms with Gasteiger partial charge in [0.15, 0.2) is 5.58 Å². The molecule has 3 aromatic rings. The lowest BCUT2D eigenvalue weighted by atomic mass is 10.2. The van der Waals surface area contributed by atoms with Gasteiger partial charge in [-0.1, -0.05) is 18.2 Å². The van der Waals surface area contributed by atoms with Crippen LogP contribution in [0.4, 0.5) is 4.39 Å². The summed E-state index contributed by atoms with van der Waals surface area (Å²) in [6.45, 7) is 0.756. The monoisotopic (exact) mass is 256 g/mol. The van der Waals surface area contributed by atoms with Crippen LogP contribution in [0.3, 0.4) is 0 Å². The van der Waals surface area contributed by atoms with Crippen molar-refractivity contribution in [3.63, 3.8) is 0 Å². The lowest BCUT2D eigenvalue weighted by Gasteiger charge is -1.97. The number of rotatable bonds is 3. The molecular formula is C15H13FN2O. The van der Waals surface area contributed by atoms with Crippen molar-refractivity contribution in [1.29, 1.82) is 0 Å². The van der Waals surface area contributed by atoms with Gasteiger partial charge in [0.2, 0.25) is 5.89 Å². The van der Waals surface area contributed by atoms with E-state index in [9.17, 15) is 4.39 Å². The van der Waals surface area contributed by atoms with Gasteiger partial charge in [-0.3, -0.25) is 0 Å². The number of nitrogens with zero attached hydrogens (tertiary/aromatic N) is 1. The summed E-state index contributed by atoms with van der Waals surface area (Å²) in [5.41, 5.74) is 2.89. The van der Waals surface area contributed by atoms with E-state index in [0.29, 0.717) is 17.0 Å². The maximum atomic E-state index is 13.7. The molecule has 0 bridgehead atoms. The van der Waals surface area contributed by atoms with E-state index >= 15 is 0 Å². The number of hydrogen-bond donors (Lipinski definition) is 1. The second-order valence-electron chi connectivity index (χ2n) is 4.33. The third-order valence-electron chi connectivity index (χ3n) is 2.94. The van der Waals surface area contributed by atoms with Crippen LogP contribution in [-0.2, 0) is 6.54 Å². The molecular weight excluding hydrogens is 243 g/mol. The zero-order valence-corrected chi connectivity index (χ0v) is 10.5. The van der Waals surface area contributed by atoms with Crippen molar-refractivity contribution in [2.24, 2.45) is 0 Å². The summed E-state index contributed by atoms with van der Waals surface area (Å²) in [5, 5.41) is 3.07. The average molecular weight is 256 g/mol. The molecule has 96 valence electrons. The largest absolute Gasteiger partial charge is 0.436 e. The molecule has 0 unspecified atom stereocenters. The first-order valence-corrected chi connectivity index (χ1v) is 6.07. The molecule has 0 spiro atoms. The Balaban J connectivity index is 2.09. The zero-order valence-electron chi connectivity index (χ0n) is 10.5. The van der Waals surface area contributed by atoms with Gasteiger partial charge < -0.3 is 9.73 Å². The lowest BCUT2D eigenvalue weighted by Crippen LogP contribution is -2.04. The quantitative estimate of drug-likeness (QED) is 0.781. The van der Waals surface area contributed by atoms with E-state index in [1.165, 1.54) is 6.07 Å². The molecule has 1 heterocycles. The Morgan fingerprint density at radius 2 is 2.05 bits per heavy atom. The molecule has 19 heavy (non-hydrogen) atoms. The predicted octanol–water partition coefficient (Wildman–Crippen LogP) is 3.35. The van der Waals surface area contributed by atoms with Crippen LogP contribution in [0, 0.1) is 5.82 Å². The van der Waals surface area contributed by atoms with E-state index in [4.69, 9.17) is 4.42 Å². The van der Waals surface area contributed by atoms with E-state index in [1.54, 1.807) is 18.2 Å². The molecule has 4 heteroatoms. The van der Waals surface area contributed by atoms with Crippen molar-refractivity contribution in [2.45, 2.75) is 6.54 Å². The van der Waals surface area contributed by atoms with Crippen molar-refractivity contribution in [3.8, 4) is 11.5 Å². The first-order valence-electron chi connectivity index (χ1n) is 6.07. The Labute approximate surface area is 110 Å². The fraction of sp³-hybridized carbons (Fsp3) is 0.133. The van der Waals surface area contributed by atoms with E-state index in [0.717, 1.165) is 17.6 Å². The molecule has 0 aliphatic rings. The number of halogens is 1.